The molecule has 0 bridgehead atoms. The van der Waals surface area contributed by atoms with Crippen LogP contribution in [-0.4, -0.2) is 36.6 Å². The molecule has 1 heterocycles. The van der Waals surface area contributed by atoms with E-state index in [2.05, 4.69) is 10.6 Å². The summed E-state index contributed by atoms with van der Waals surface area (Å²) in [5.41, 5.74) is 1.56. The van der Waals surface area contributed by atoms with Crippen LogP contribution in [0.4, 0.5) is 0 Å². The molecule has 2 unspecified atom stereocenters. The van der Waals surface area contributed by atoms with Gasteiger partial charge in [-0.25, -0.2) is 9.59 Å². The van der Waals surface area contributed by atoms with Gasteiger partial charge < -0.3 is 20.1 Å². The number of hydrogen-bond acceptors (Lipinski definition) is 6. The van der Waals surface area contributed by atoms with Crippen molar-refractivity contribution in [1.82, 2.24) is 10.6 Å². The fourth-order valence-electron chi connectivity index (χ4n) is 3.78. The summed E-state index contributed by atoms with van der Waals surface area (Å²) in [6.45, 7) is 12.4. The van der Waals surface area contributed by atoms with E-state index < -0.39 is 35.4 Å². The quantitative estimate of drug-likeness (QED) is 0.597. The van der Waals surface area contributed by atoms with E-state index in [1.54, 1.807) is 58.9 Å². The van der Waals surface area contributed by atoms with E-state index in [0.717, 1.165) is 0 Å². The summed E-state index contributed by atoms with van der Waals surface area (Å²) in [6.07, 6.45) is 0. The summed E-state index contributed by atoms with van der Waals surface area (Å²) in [7, 11) is 1.29. The highest BCUT2D eigenvalue weighted by Crippen LogP contribution is 2.41. The highest BCUT2D eigenvalue weighted by atomic mass is 35.5. The summed E-state index contributed by atoms with van der Waals surface area (Å²) >= 11 is 6.49. The molecule has 1 aromatic carbocycles. The van der Waals surface area contributed by atoms with Crippen molar-refractivity contribution >= 4 is 29.4 Å². The summed E-state index contributed by atoms with van der Waals surface area (Å²) in [5, 5.41) is 6.33. The number of hydrogen-bond donors (Lipinski definition) is 2. The minimum Gasteiger partial charge on any atom is -0.466 e. The molecule has 1 aromatic rings. The molecular formula is C25H33ClN2O5. The van der Waals surface area contributed by atoms with Gasteiger partial charge in [-0.3, -0.25) is 4.79 Å². The summed E-state index contributed by atoms with van der Waals surface area (Å²) in [5.74, 6) is -2.60. The van der Waals surface area contributed by atoms with Crippen LogP contribution in [-0.2, 0) is 23.9 Å². The molecule has 1 aliphatic heterocycles. The Balaban J connectivity index is 2.56. The van der Waals surface area contributed by atoms with Crippen LogP contribution in [0.15, 0.2) is 46.8 Å². The van der Waals surface area contributed by atoms with Crippen LogP contribution in [0.1, 0.15) is 59.9 Å². The second-order valence-electron chi connectivity index (χ2n) is 9.38. The number of nitrogens with one attached hydrogen (secondary N) is 2. The Labute approximate surface area is 200 Å². The highest BCUT2D eigenvalue weighted by Gasteiger charge is 2.39. The molecule has 2 N–H and O–H groups in total. The van der Waals surface area contributed by atoms with Crippen LogP contribution in [0.5, 0.6) is 0 Å². The van der Waals surface area contributed by atoms with Gasteiger partial charge in [-0.2, -0.15) is 0 Å². The van der Waals surface area contributed by atoms with E-state index in [1.807, 2.05) is 13.8 Å². The summed E-state index contributed by atoms with van der Waals surface area (Å²) in [6, 6.07) is 6.15. The summed E-state index contributed by atoms with van der Waals surface area (Å²) in [4.78, 5) is 39.2. The van der Waals surface area contributed by atoms with Crippen LogP contribution in [0, 0.1) is 5.92 Å². The van der Waals surface area contributed by atoms with Crippen LogP contribution in [0.25, 0.3) is 0 Å². The van der Waals surface area contributed by atoms with E-state index in [0.29, 0.717) is 22.0 Å². The van der Waals surface area contributed by atoms with E-state index >= 15 is 0 Å². The van der Waals surface area contributed by atoms with E-state index in [1.165, 1.54) is 7.11 Å². The average Bonchev–Trinajstić information content (AvgIpc) is 2.69. The number of dihydropyridines is 1. The smallest absolute Gasteiger partial charge is 0.336 e. The maximum atomic E-state index is 13.6. The second-order valence-corrected chi connectivity index (χ2v) is 9.78. The standard InChI is InChI=1S/C25H33ClN2O5/c1-13(2)21(24(31)33-25(5,6)7)28-22(29)18-14(3)27-15(4)19(23(30)32-8)20(18)16-11-9-10-12-17(16)26/h9-13,20-21,27H,1-8H3,(H,28,29). The molecule has 0 fully saturated rings. The minimum atomic E-state index is -0.877. The molecule has 0 aromatic heterocycles. The molecule has 33 heavy (non-hydrogen) atoms. The van der Waals surface area contributed by atoms with Crippen molar-refractivity contribution < 1.29 is 23.9 Å². The van der Waals surface area contributed by atoms with Gasteiger partial charge in [0.15, 0.2) is 0 Å². The first-order valence-electron chi connectivity index (χ1n) is 10.8. The van der Waals surface area contributed by atoms with Crippen LogP contribution in [0.3, 0.4) is 0 Å². The molecular weight excluding hydrogens is 444 g/mol. The Hall–Kier alpha value is -2.80. The molecule has 0 saturated heterocycles. The van der Waals surface area contributed by atoms with Gasteiger partial charge in [0.2, 0.25) is 0 Å². The number of amides is 1. The van der Waals surface area contributed by atoms with E-state index in [-0.39, 0.29) is 17.1 Å². The third-order valence-electron chi connectivity index (χ3n) is 5.24. The van der Waals surface area contributed by atoms with Gasteiger partial charge >= 0.3 is 11.9 Å². The zero-order chi connectivity index (χ0) is 25.1. The number of methoxy groups -OCH3 is 1. The molecule has 0 saturated carbocycles. The predicted molar refractivity (Wildman–Crippen MR) is 127 cm³/mol. The van der Waals surface area contributed by atoms with Crippen molar-refractivity contribution in [2.45, 2.75) is 66.0 Å². The summed E-state index contributed by atoms with van der Waals surface area (Å²) < 4.78 is 10.5. The number of halogens is 1. The molecule has 180 valence electrons. The molecule has 1 amide bonds. The second kappa shape index (κ2) is 10.4. The van der Waals surface area contributed by atoms with Crippen molar-refractivity contribution in [3.05, 3.63) is 57.4 Å². The molecule has 2 rings (SSSR count). The monoisotopic (exact) mass is 476 g/mol. The average molecular weight is 477 g/mol. The third kappa shape index (κ3) is 6.16. The Morgan fingerprint density at radius 1 is 1.06 bits per heavy atom. The SMILES string of the molecule is COC(=O)C1=C(C)NC(C)=C(C(=O)NC(C(=O)OC(C)(C)C)C(C)C)C1c1ccccc1Cl. The number of carbonyl (C=O) groups is 3. The van der Waals surface area contributed by atoms with Crippen molar-refractivity contribution in [2.24, 2.45) is 5.92 Å². The Morgan fingerprint density at radius 3 is 2.15 bits per heavy atom. The Bertz CT molecular complexity index is 1000. The first-order chi connectivity index (χ1) is 15.3. The Morgan fingerprint density at radius 2 is 1.64 bits per heavy atom. The maximum Gasteiger partial charge on any atom is 0.336 e. The largest absolute Gasteiger partial charge is 0.466 e. The normalized spacial score (nSPS) is 17.5. The van der Waals surface area contributed by atoms with Gasteiger partial charge in [0, 0.05) is 22.0 Å². The number of carbonyl (C=O) groups excluding carboxylic acids is 3. The number of esters is 2. The van der Waals surface area contributed by atoms with E-state index in [4.69, 9.17) is 21.1 Å². The lowest BCUT2D eigenvalue weighted by Crippen LogP contribution is -2.49. The van der Waals surface area contributed by atoms with Crippen molar-refractivity contribution in [3.8, 4) is 0 Å². The van der Waals surface area contributed by atoms with Gasteiger partial charge in [-0.05, 0) is 52.2 Å². The first kappa shape index (κ1) is 26.5. The van der Waals surface area contributed by atoms with Crippen LogP contribution in [0.2, 0.25) is 5.02 Å². The van der Waals surface area contributed by atoms with Crippen LogP contribution < -0.4 is 10.6 Å². The van der Waals surface area contributed by atoms with E-state index in [9.17, 15) is 14.4 Å². The molecule has 2 atom stereocenters. The third-order valence-corrected chi connectivity index (χ3v) is 5.58. The van der Waals surface area contributed by atoms with Gasteiger partial charge in [-0.15, -0.1) is 0 Å². The zero-order valence-corrected chi connectivity index (χ0v) is 21.2. The molecule has 1 aliphatic rings. The topological polar surface area (TPSA) is 93.7 Å². The van der Waals surface area contributed by atoms with Crippen molar-refractivity contribution in [2.75, 3.05) is 7.11 Å². The minimum absolute atomic E-state index is 0.225. The maximum absolute atomic E-state index is 13.6. The van der Waals surface area contributed by atoms with Crippen molar-refractivity contribution in [3.63, 3.8) is 0 Å². The number of allylic oxidation sites excluding steroid dienone is 2. The predicted octanol–water partition coefficient (Wildman–Crippen LogP) is 4.23. The fraction of sp³-hybridized carbons (Fsp3) is 0.480. The molecule has 8 heteroatoms. The molecule has 0 radical (unpaired) electrons. The molecule has 0 spiro atoms. The van der Waals surface area contributed by atoms with Gasteiger partial charge in [0.25, 0.3) is 5.91 Å². The Kier molecular flexibility index (Phi) is 8.36. The molecule has 7 nitrogen and oxygen atoms in total. The van der Waals surface area contributed by atoms with Gasteiger partial charge in [0.1, 0.15) is 11.6 Å². The molecule has 0 aliphatic carbocycles. The van der Waals surface area contributed by atoms with Crippen LogP contribution >= 0.6 is 11.6 Å². The van der Waals surface area contributed by atoms with Gasteiger partial charge in [-0.1, -0.05) is 43.6 Å². The number of benzene rings is 1. The number of ether oxygens (including phenoxy) is 2. The lowest BCUT2D eigenvalue weighted by molar-refractivity contribution is -0.159. The first-order valence-corrected chi connectivity index (χ1v) is 11.2. The van der Waals surface area contributed by atoms with Gasteiger partial charge in [0.05, 0.1) is 18.6 Å². The fourth-order valence-corrected chi connectivity index (χ4v) is 4.02. The zero-order valence-electron chi connectivity index (χ0n) is 20.5. The lowest BCUT2D eigenvalue weighted by Gasteiger charge is -2.32. The number of rotatable bonds is 6. The van der Waals surface area contributed by atoms with Crippen molar-refractivity contribution in [1.29, 1.82) is 0 Å². The highest BCUT2D eigenvalue weighted by molar-refractivity contribution is 6.31. The lowest BCUT2D eigenvalue weighted by atomic mass is 9.79.